The predicted molar refractivity (Wildman–Crippen MR) is 123 cm³/mol. The van der Waals surface area contributed by atoms with E-state index in [0.717, 1.165) is 5.56 Å². The molecular formula is C22H22ClN5O2S. The van der Waals surface area contributed by atoms with Gasteiger partial charge in [0.05, 0.1) is 12.3 Å². The highest BCUT2D eigenvalue weighted by Gasteiger charge is 2.15. The molecule has 0 radical (unpaired) electrons. The van der Waals surface area contributed by atoms with E-state index in [0.29, 0.717) is 33.8 Å². The third-order valence-electron chi connectivity index (χ3n) is 4.25. The summed E-state index contributed by atoms with van der Waals surface area (Å²) in [6, 6.07) is 14.3. The molecule has 0 saturated heterocycles. The normalized spacial score (nSPS) is 10.5. The van der Waals surface area contributed by atoms with Crippen molar-refractivity contribution in [3.63, 3.8) is 0 Å². The molecule has 7 nitrogen and oxygen atoms in total. The monoisotopic (exact) mass is 455 g/mol. The molecule has 0 bridgehead atoms. The van der Waals surface area contributed by atoms with Gasteiger partial charge in [0, 0.05) is 22.8 Å². The summed E-state index contributed by atoms with van der Waals surface area (Å²) in [5, 5.41) is 15.2. The highest BCUT2D eigenvalue weighted by molar-refractivity contribution is 7.99. The van der Waals surface area contributed by atoms with Gasteiger partial charge in [-0.2, -0.15) is 0 Å². The maximum absolute atomic E-state index is 12.4. The first-order valence-electron chi connectivity index (χ1n) is 9.52. The van der Waals surface area contributed by atoms with Gasteiger partial charge in [-0.1, -0.05) is 47.1 Å². The van der Waals surface area contributed by atoms with E-state index in [1.807, 2.05) is 29.7 Å². The number of nitrogens with one attached hydrogen (secondary N) is 2. The molecule has 31 heavy (non-hydrogen) atoms. The van der Waals surface area contributed by atoms with E-state index < -0.39 is 0 Å². The molecule has 0 fully saturated rings. The van der Waals surface area contributed by atoms with Gasteiger partial charge < -0.3 is 15.2 Å². The van der Waals surface area contributed by atoms with Crippen LogP contribution in [0.3, 0.4) is 0 Å². The second kappa shape index (κ2) is 10.8. The zero-order chi connectivity index (χ0) is 22.2. The Hall–Kier alpha value is -3.10. The second-order valence-electron chi connectivity index (χ2n) is 6.69. The molecule has 0 aliphatic carbocycles. The second-order valence-corrected chi connectivity index (χ2v) is 8.07. The molecule has 2 N–H and O–H groups in total. The topological polar surface area (TPSA) is 88.9 Å². The minimum atomic E-state index is -0.187. The fraction of sp³-hybridized carbons (Fsp3) is 0.182. The maximum atomic E-state index is 12.4. The molecule has 0 unspecified atom stereocenters. The van der Waals surface area contributed by atoms with Crippen LogP contribution >= 0.6 is 23.4 Å². The van der Waals surface area contributed by atoms with Gasteiger partial charge in [-0.25, -0.2) is 0 Å². The summed E-state index contributed by atoms with van der Waals surface area (Å²) in [6.07, 6.45) is 1.72. The number of allylic oxidation sites excluding steroid dienone is 1. The van der Waals surface area contributed by atoms with E-state index in [4.69, 9.17) is 11.6 Å². The first kappa shape index (κ1) is 22.6. The summed E-state index contributed by atoms with van der Waals surface area (Å²) in [4.78, 5) is 24.6. The quantitative estimate of drug-likeness (QED) is 0.375. The van der Waals surface area contributed by atoms with Crippen molar-refractivity contribution in [3.05, 3.63) is 83.2 Å². The molecule has 1 heterocycles. The lowest BCUT2D eigenvalue weighted by Gasteiger charge is -2.09. The molecule has 0 spiro atoms. The van der Waals surface area contributed by atoms with Crippen LogP contribution in [0.4, 0.5) is 5.69 Å². The predicted octanol–water partition coefficient (Wildman–Crippen LogP) is 4.09. The van der Waals surface area contributed by atoms with Gasteiger partial charge in [-0.05, 0) is 43.3 Å². The number of hydrogen-bond donors (Lipinski definition) is 2. The van der Waals surface area contributed by atoms with Crippen LogP contribution in [0.25, 0.3) is 0 Å². The van der Waals surface area contributed by atoms with Gasteiger partial charge in [0.25, 0.3) is 5.91 Å². The van der Waals surface area contributed by atoms with E-state index in [1.165, 1.54) is 11.8 Å². The molecule has 0 aliphatic rings. The smallest absolute Gasteiger partial charge is 0.251 e. The molecular weight excluding hydrogens is 434 g/mol. The third kappa shape index (κ3) is 6.44. The number of carbonyl (C=O) groups is 2. The number of thioether (sulfide) groups is 1. The van der Waals surface area contributed by atoms with Crippen LogP contribution in [-0.4, -0.2) is 32.3 Å². The van der Waals surface area contributed by atoms with Crippen molar-refractivity contribution in [1.29, 1.82) is 0 Å². The standard InChI is InChI=1S/C22H22ClN5O2S/c1-3-11-28-19(13-24-21(30)16-6-4-5-15(2)12-16)26-27-22(28)31-14-20(29)25-18-9-7-17(23)8-10-18/h3-10,12H,1,11,13-14H2,2H3,(H,24,30)(H,25,29). The van der Waals surface area contributed by atoms with Crippen molar-refractivity contribution in [3.8, 4) is 0 Å². The fourth-order valence-corrected chi connectivity index (χ4v) is 3.67. The zero-order valence-electron chi connectivity index (χ0n) is 17.0. The van der Waals surface area contributed by atoms with Crippen LogP contribution in [0.5, 0.6) is 0 Å². The van der Waals surface area contributed by atoms with Crippen molar-refractivity contribution < 1.29 is 9.59 Å². The Morgan fingerprint density at radius 2 is 1.97 bits per heavy atom. The van der Waals surface area contributed by atoms with Gasteiger partial charge in [0.2, 0.25) is 5.91 Å². The van der Waals surface area contributed by atoms with Crippen LogP contribution in [-0.2, 0) is 17.9 Å². The Bertz CT molecular complexity index is 1080. The summed E-state index contributed by atoms with van der Waals surface area (Å²) < 4.78 is 1.82. The minimum absolute atomic E-state index is 0.160. The van der Waals surface area contributed by atoms with E-state index >= 15 is 0 Å². The lowest BCUT2D eigenvalue weighted by Crippen LogP contribution is -2.25. The van der Waals surface area contributed by atoms with Crippen molar-refractivity contribution in [2.75, 3.05) is 11.1 Å². The summed E-state index contributed by atoms with van der Waals surface area (Å²) in [6.45, 7) is 6.38. The van der Waals surface area contributed by atoms with Gasteiger partial charge in [-0.15, -0.1) is 16.8 Å². The molecule has 0 saturated carbocycles. The Kier molecular flexibility index (Phi) is 7.86. The first-order valence-corrected chi connectivity index (χ1v) is 10.9. The Balaban J connectivity index is 1.60. The fourth-order valence-electron chi connectivity index (χ4n) is 2.78. The number of rotatable bonds is 9. The van der Waals surface area contributed by atoms with Crippen LogP contribution < -0.4 is 10.6 Å². The number of hydrogen-bond acceptors (Lipinski definition) is 5. The summed E-state index contributed by atoms with van der Waals surface area (Å²) >= 11 is 7.12. The molecule has 1 aromatic heterocycles. The number of aromatic nitrogens is 3. The lowest BCUT2D eigenvalue weighted by atomic mass is 10.1. The molecule has 2 amide bonds. The van der Waals surface area contributed by atoms with Crippen molar-refractivity contribution in [2.24, 2.45) is 0 Å². The number of halogens is 1. The average Bonchev–Trinajstić information content (AvgIpc) is 3.14. The first-order chi connectivity index (χ1) is 15.0. The number of amides is 2. The third-order valence-corrected chi connectivity index (χ3v) is 5.47. The lowest BCUT2D eigenvalue weighted by molar-refractivity contribution is -0.113. The van der Waals surface area contributed by atoms with E-state index in [2.05, 4.69) is 27.4 Å². The van der Waals surface area contributed by atoms with Crippen molar-refractivity contribution >= 4 is 40.9 Å². The highest BCUT2D eigenvalue weighted by Crippen LogP contribution is 2.19. The van der Waals surface area contributed by atoms with Crippen LogP contribution in [0.15, 0.2) is 66.3 Å². The molecule has 160 valence electrons. The maximum Gasteiger partial charge on any atom is 0.251 e. The summed E-state index contributed by atoms with van der Waals surface area (Å²) in [5.41, 5.74) is 2.27. The summed E-state index contributed by atoms with van der Waals surface area (Å²) in [5.74, 6) is 0.387. The number of aryl methyl sites for hydroxylation is 1. The van der Waals surface area contributed by atoms with Crippen LogP contribution in [0.1, 0.15) is 21.7 Å². The average molecular weight is 456 g/mol. The zero-order valence-corrected chi connectivity index (χ0v) is 18.5. The van der Waals surface area contributed by atoms with Gasteiger partial charge in [-0.3, -0.25) is 9.59 Å². The molecule has 3 rings (SSSR count). The van der Waals surface area contributed by atoms with E-state index in [-0.39, 0.29) is 24.1 Å². The molecule has 2 aromatic carbocycles. The molecule has 9 heteroatoms. The molecule has 3 aromatic rings. The van der Waals surface area contributed by atoms with Crippen LogP contribution in [0.2, 0.25) is 5.02 Å². The van der Waals surface area contributed by atoms with Gasteiger partial charge in [0.15, 0.2) is 11.0 Å². The Morgan fingerprint density at radius 1 is 1.19 bits per heavy atom. The van der Waals surface area contributed by atoms with Crippen LogP contribution in [0, 0.1) is 6.92 Å². The largest absolute Gasteiger partial charge is 0.345 e. The van der Waals surface area contributed by atoms with Gasteiger partial charge in [0.1, 0.15) is 0 Å². The Morgan fingerprint density at radius 3 is 2.68 bits per heavy atom. The molecule has 0 atom stereocenters. The SMILES string of the molecule is C=CCn1c(CNC(=O)c2cccc(C)c2)nnc1SCC(=O)Nc1ccc(Cl)cc1. The number of nitrogens with zero attached hydrogens (tertiary/aromatic N) is 3. The number of benzene rings is 2. The van der Waals surface area contributed by atoms with Gasteiger partial charge >= 0.3 is 0 Å². The summed E-state index contributed by atoms with van der Waals surface area (Å²) in [7, 11) is 0. The van der Waals surface area contributed by atoms with Crippen molar-refractivity contribution in [1.82, 2.24) is 20.1 Å². The molecule has 0 aliphatic heterocycles. The van der Waals surface area contributed by atoms with Crippen molar-refractivity contribution in [2.45, 2.75) is 25.2 Å². The number of anilines is 1. The number of carbonyl (C=O) groups excluding carboxylic acids is 2. The minimum Gasteiger partial charge on any atom is -0.345 e. The van der Waals surface area contributed by atoms with E-state index in [9.17, 15) is 9.59 Å². The van der Waals surface area contributed by atoms with E-state index in [1.54, 1.807) is 36.4 Å². The highest BCUT2D eigenvalue weighted by atomic mass is 35.5. The Labute approximate surface area is 189 Å².